The number of hydrogen-bond acceptors (Lipinski definition) is 2. The molecule has 2 aromatic rings. The van der Waals surface area contributed by atoms with Crippen molar-refractivity contribution in [1.29, 1.82) is 0 Å². The van der Waals surface area contributed by atoms with Crippen molar-refractivity contribution in [1.82, 2.24) is 4.98 Å². The third-order valence-corrected chi connectivity index (χ3v) is 3.08. The fraction of sp³-hybridized carbons (Fsp3) is 0.533. The van der Waals surface area contributed by atoms with Gasteiger partial charge >= 0.3 is 0 Å². The maximum Gasteiger partial charge on any atom is 0.195 e. The lowest BCUT2D eigenvalue weighted by molar-refractivity contribution is 0.505. The number of hydrogen-bond donors (Lipinski definition) is 0. The second-order valence-electron chi connectivity index (χ2n) is 4.59. The molecule has 0 amide bonds. The molecule has 1 aromatic carbocycles. The van der Waals surface area contributed by atoms with Gasteiger partial charge in [0.15, 0.2) is 11.5 Å². The first-order valence-corrected chi connectivity index (χ1v) is 6.74. The largest absolute Gasteiger partial charge is 0.441 e. The Morgan fingerprint density at radius 1 is 1.00 bits per heavy atom. The Kier molecular flexibility index (Phi) is 4.60. The van der Waals surface area contributed by atoms with E-state index >= 15 is 0 Å². The lowest BCUT2D eigenvalue weighted by Gasteiger charge is -1.97. The van der Waals surface area contributed by atoms with E-state index in [1.807, 2.05) is 24.3 Å². The Morgan fingerprint density at radius 3 is 2.59 bits per heavy atom. The van der Waals surface area contributed by atoms with Crippen molar-refractivity contribution < 1.29 is 4.42 Å². The lowest BCUT2D eigenvalue weighted by atomic mass is 10.1. The highest BCUT2D eigenvalue weighted by Crippen LogP contribution is 2.16. The fourth-order valence-corrected chi connectivity index (χ4v) is 2.08. The van der Waals surface area contributed by atoms with Crippen molar-refractivity contribution in [3.63, 3.8) is 0 Å². The van der Waals surface area contributed by atoms with Gasteiger partial charge in [0.25, 0.3) is 0 Å². The maximum atomic E-state index is 5.68. The number of fused-ring (bicyclic) bond motifs is 1. The molecule has 0 spiro atoms. The van der Waals surface area contributed by atoms with Gasteiger partial charge in [-0.05, 0) is 18.6 Å². The summed E-state index contributed by atoms with van der Waals surface area (Å²) in [7, 11) is 0. The molecule has 0 aliphatic heterocycles. The lowest BCUT2D eigenvalue weighted by Crippen LogP contribution is -1.85. The number of benzene rings is 1. The van der Waals surface area contributed by atoms with Crippen LogP contribution in [0.15, 0.2) is 28.7 Å². The van der Waals surface area contributed by atoms with Gasteiger partial charge in [-0.2, -0.15) is 0 Å². The topological polar surface area (TPSA) is 26.0 Å². The molecule has 17 heavy (non-hydrogen) atoms. The van der Waals surface area contributed by atoms with Crippen molar-refractivity contribution in [3.05, 3.63) is 30.2 Å². The van der Waals surface area contributed by atoms with Crippen LogP contribution >= 0.6 is 0 Å². The quantitative estimate of drug-likeness (QED) is 0.644. The fourth-order valence-electron chi connectivity index (χ4n) is 2.08. The summed E-state index contributed by atoms with van der Waals surface area (Å²) in [5, 5.41) is 0. The molecule has 0 fully saturated rings. The van der Waals surface area contributed by atoms with E-state index in [0.717, 1.165) is 23.4 Å². The van der Waals surface area contributed by atoms with E-state index in [0.29, 0.717) is 0 Å². The van der Waals surface area contributed by atoms with Crippen LogP contribution in [-0.4, -0.2) is 4.98 Å². The summed E-state index contributed by atoms with van der Waals surface area (Å²) in [4.78, 5) is 4.48. The molecule has 0 aliphatic carbocycles. The van der Waals surface area contributed by atoms with Gasteiger partial charge in [0, 0.05) is 6.42 Å². The molecule has 0 saturated heterocycles. The zero-order valence-corrected chi connectivity index (χ0v) is 10.6. The molecule has 0 unspecified atom stereocenters. The highest BCUT2D eigenvalue weighted by molar-refractivity contribution is 5.72. The summed E-state index contributed by atoms with van der Waals surface area (Å²) < 4.78 is 5.68. The van der Waals surface area contributed by atoms with Gasteiger partial charge in [-0.15, -0.1) is 0 Å². The average Bonchev–Trinajstić information content (AvgIpc) is 2.76. The van der Waals surface area contributed by atoms with E-state index in [9.17, 15) is 0 Å². The predicted molar refractivity (Wildman–Crippen MR) is 71.1 cm³/mol. The van der Waals surface area contributed by atoms with Gasteiger partial charge in [0.2, 0.25) is 0 Å². The van der Waals surface area contributed by atoms with Crippen LogP contribution in [0.5, 0.6) is 0 Å². The highest BCUT2D eigenvalue weighted by atomic mass is 16.3. The van der Waals surface area contributed by atoms with E-state index < -0.39 is 0 Å². The normalized spacial score (nSPS) is 11.1. The van der Waals surface area contributed by atoms with E-state index in [4.69, 9.17) is 4.42 Å². The molecule has 0 bridgehead atoms. The second-order valence-corrected chi connectivity index (χ2v) is 4.59. The zero-order chi connectivity index (χ0) is 11.9. The maximum absolute atomic E-state index is 5.68. The minimum absolute atomic E-state index is 0.890. The van der Waals surface area contributed by atoms with Crippen molar-refractivity contribution in [2.75, 3.05) is 0 Å². The first-order chi connectivity index (χ1) is 8.40. The molecule has 2 heteroatoms. The molecule has 0 N–H and O–H groups in total. The summed E-state index contributed by atoms with van der Waals surface area (Å²) in [6.07, 6.45) is 8.84. The van der Waals surface area contributed by atoms with Crippen LogP contribution in [0.2, 0.25) is 0 Å². The molecule has 0 saturated carbocycles. The Balaban J connectivity index is 1.75. The van der Waals surface area contributed by atoms with Crippen LogP contribution < -0.4 is 0 Å². The third-order valence-electron chi connectivity index (χ3n) is 3.08. The number of aromatic nitrogens is 1. The summed E-state index contributed by atoms with van der Waals surface area (Å²) >= 11 is 0. The number of para-hydroxylation sites is 2. The third kappa shape index (κ3) is 3.58. The first-order valence-electron chi connectivity index (χ1n) is 6.74. The Morgan fingerprint density at radius 2 is 1.76 bits per heavy atom. The van der Waals surface area contributed by atoms with Crippen molar-refractivity contribution in [2.45, 2.75) is 51.9 Å². The number of oxazole rings is 1. The smallest absolute Gasteiger partial charge is 0.195 e. The van der Waals surface area contributed by atoms with Gasteiger partial charge in [-0.3, -0.25) is 0 Å². The molecule has 0 radical (unpaired) electrons. The first kappa shape index (κ1) is 12.2. The van der Waals surface area contributed by atoms with E-state index in [1.165, 1.54) is 38.5 Å². The van der Waals surface area contributed by atoms with Gasteiger partial charge in [-0.1, -0.05) is 51.2 Å². The van der Waals surface area contributed by atoms with Gasteiger partial charge in [0.1, 0.15) is 5.52 Å². The minimum atomic E-state index is 0.890. The number of nitrogens with zero attached hydrogens (tertiary/aromatic N) is 1. The Hall–Kier alpha value is -1.31. The molecule has 0 atom stereocenters. The van der Waals surface area contributed by atoms with Gasteiger partial charge < -0.3 is 4.42 Å². The summed E-state index contributed by atoms with van der Waals surface area (Å²) in [5.41, 5.74) is 1.89. The van der Waals surface area contributed by atoms with Crippen molar-refractivity contribution >= 4 is 11.1 Å². The van der Waals surface area contributed by atoms with Crippen molar-refractivity contribution in [3.8, 4) is 0 Å². The Labute approximate surface area is 103 Å². The molecular weight excluding hydrogens is 210 g/mol. The summed E-state index contributed by atoms with van der Waals surface area (Å²) in [6, 6.07) is 7.97. The average molecular weight is 231 g/mol. The minimum Gasteiger partial charge on any atom is -0.441 e. The van der Waals surface area contributed by atoms with E-state index in [2.05, 4.69) is 11.9 Å². The molecular formula is C15H21NO. The van der Waals surface area contributed by atoms with Crippen LogP contribution in [-0.2, 0) is 6.42 Å². The number of aryl methyl sites for hydroxylation is 1. The van der Waals surface area contributed by atoms with Crippen molar-refractivity contribution in [2.24, 2.45) is 0 Å². The van der Waals surface area contributed by atoms with Gasteiger partial charge in [-0.25, -0.2) is 4.98 Å². The monoisotopic (exact) mass is 231 g/mol. The number of unbranched alkanes of at least 4 members (excludes halogenated alkanes) is 5. The molecule has 92 valence electrons. The molecule has 2 nitrogen and oxygen atoms in total. The van der Waals surface area contributed by atoms with Crippen LogP contribution in [0.25, 0.3) is 11.1 Å². The molecule has 0 aliphatic rings. The summed E-state index contributed by atoms with van der Waals surface area (Å²) in [6.45, 7) is 2.25. The standard InChI is InChI=1S/C15H21NO/c1-2-3-4-5-6-7-12-15-16-13-10-8-9-11-14(13)17-15/h8-11H,2-7,12H2,1H3. The van der Waals surface area contributed by atoms with E-state index in [1.54, 1.807) is 0 Å². The predicted octanol–water partition coefficient (Wildman–Crippen LogP) is 4.73. The zero-order valence-electron chi connectivity index (χ0n) is 10.6. The number of rotatable bonds is 7. The Bertz CT molecular complexity index is 414. The van der Waals surface area contributed by atoms with Crippen LogP contribution in [0.3, 0.4) is 0 Å². The molecule has 1 aromatic heterocycles. The van der Waals surface area contributed by atoms with Gasteiger partial charge in [0.05, 0.1) is 0 Å². The second kappa shape index (κ2) is 6.43. The van der Waals surface area contributed by atoms with E-state index in [-0.39, 0.29) is 0 Å². The molecule has 1 heterocycles. The highest BCUT2D eigenvalue weighted by Gasteiger charge is 2.03. The SMILES string of the molecule is CCCCCCCCc1nc2ccccc2o1. The summed E-state index contributed by atoms with van der Waals surface area (Å²) in [5.74, 6) is 0.890. The van der Waals surface area contributed by atoms with Crippen LogP contribution in [0.1, 0.15) is 51.3 Å². The molecule has 2 rings (SSSR count). The van der Waals surface area contributed by atoms with Crippen LogP contribution in [0.4, 0.5) is 0 Å². The van der Waals surface area contributed by atoms with Crippen LogP contribution in [0, 0.1) is 0 Å².